The summed E-state index contributed by atoms with van der Waals surface area (Å²) >= 11 is 1.71. The van der Waals surface area contributed by atoms with E-state index < -0.39 is 0 Å². The van der Waals surface area contributed by atoms with E-state index in [-0.39, 0.29) is 24.0 Å². The number of thiophene rings is 1. The van der Waals surface area contributed by atoms with Crippen molar-refractivity contribution in [3.8, 4) is 16.9 Å². The van der Waals surface area contributed by atoms with Crippen molar-refractivity contribution in [1.82, 2.24) is 5.32 Å². The maximum atomic E-state index is 5.93. The lowest BCUT2D eigenvalue weighted by Gasteiger charge is -2.25. The standard InChI is InChI=1S/C18H23N3OS.HI/c1-22-16-7-5-14(6-8-16)15-9-17(23-12-15)11-21-18(19)20-10-13-3-2-4-13;/h5-9,12-13H,2-4,10-11H2,1H3,(H3,19,20,21);1H. The lowest BCUT2D eigenvalue weighted by atomic mass is 9.85. The van der Waals surface area contributed by atoms with Crippen LogP contribution in [0.4, 0.5) is 0 Å². The van der Waals surface area contributed by atoms with Crippen molar-refractivity contribution < 1.29 is 4.74 Å². The molecule has 24 heavy (non-hydrogen) atoms. The van der Waals surface area contributed by atoms with Gasteiger partial charge < -0.3 is 15.8 Å². The van der Waals surface area contributed by atoms with Crippen molar-refractivity contribution >= 4 is 41.3 Å². The predicted molar refractivity (Wildman–Crippen MR) is 112 cm³/mol. The van der Waals surface area contributed by atoms with E-state index in [1.807, 2.05) is 12.1 Å². The summed E-state index contributed by atoms with van der Waals surface area (Å²) in [5, 5.41) is 5.38. The van der Waals surface area contributed by atoms with E-state index in [1.54, 1.807) is 18.4 Å². The van der Waals surface area contributed by atoms with Gasteiger partial charge in [0.05, 0.1) is 13.7 Å². The summed E-state index contributed by atoms with van der Waals surface area (Å²) in [6, 6.07) is 10.3. The third-order valence-corrected chi connectivity index (χ3v) is 5.20. The number of halogens is 1. The van der Waals surface area contributed by atoms with Gasteiger partial charge in [0.1, 0.15) is 5.75 Å². The first kappa shape index (κ1) is 19.1. The molecule has 3 N–H and O–H groups in total. The van der Waals surface area contributed by atoms with Gasteiger partial charge in [0.25, 0.3) is 0 Å². The molecule has 130 valence electrons. The van der Waals surface area contributed by atoms with Crippen LogP contribution in [0.5, 0.6) is 5.75 Å². The van der Waals surface area contributed by atoms with E-state index in [0.29, 0.717) is 12.5 Å². The minimum atomic E-state index is 0. The number of nitrogens with one attached hydrogen (secondary N) is 1. The molecule has 0 bridgehead atoms. The highest BCUT2D eigenvalue weighted by molar-refractivity contribution is 14.0. The Morgan fingerprint density at radius 1 is 1.29 bits per heavy atom. The molecule has 0 radical (unpaired) electrons. The van der Waals surface area contributed by atoms with Crippen molar-refractivity contribution in [1.29, 1.82) is 0 Å². The topological polar surface area (TPSA) is 59.6 Å². The summed E-state index contributed by atoms with van der Waals surface area (Å²) in [7, 11) is 1.68. The van der Waals surface area contributed by atoms with Crippen LogP contribution in [0.25, 0.3) is 11.1 Å². The Kier molecular flexibility index (Phi) is 7.36. The fraction of sp³-hybridized carbons (Fsp3) is 0.389. The molecular weight excluding hydrogens is 433 g/mol. The number of guanidine groups is 1. The van der Waals surface area contributed by atoms with Crippen LogP contribution >= 0.6 is 35.3 Å². The number of hydrogen-bond acceptors (Lipinski definition) is 3. The maximum Gasteiger partial charge on any atom is 0.188 e. The van der Waals surface area contributed by atoms with Gasteiger partial charge in [-0.1, -0.05) is 18.6 Å². The van der Waals surface area contributed by atoms with Crippen molar-refractivity contribution in [3.63, 3.8) is 0 Å². The van der Waals surface area contributed by atoms with Gasteiger partial charge in [-0.25, -0.2) is 4.99 Å². The zero-order valence-electron chi connectivity index (χ0n) is 13.8. The Hall–Kier alpha value is -1.28. The molecule has 0 spiro atoms. The van der Waals surface area contributed by atoms with Crippen LogP contribution in [-0.2, 0) is 6.54 Å². The van der Waals surface area contributed by atoms with E-state index in [4.69, 9.17) is 10.5 Å². The summed E-state index contributed by atoms with van der Waals surface area (Å²) in [4.78, 5) is 5.65. The molecule has 1 fully saturated rings. The van der Waals surface area contributed by atoms with Crippen LogP contribution in [0.2, 0.25) is 0 Å². The second-order valence-electron chi connectivity index (χ2n) is 5.91. The van der Waals surface area contributed by atoms with Gasteiger partial charge in [0, 0.05) is 11.4 Å². The van der Waals surface area contributed by atoms with Gasteiger partial charge in [0.15, 0.2) is 5.96 Å². The monoisotopic (exact) mass is 457 g/mol. The maximum absolute atomic E-state index is 5.93. The number of rotatable bonds is 6. The van der Waals surface area contributed by atoms with E-state index in [1.165, 1.54) is 35.3 Å². The number of aliphatic imine (C=N–C) groups is 1. The molecule has 4 nitrogen and oxygen atoms in total. The Morgan fingerprint density at radius 3 is 2.67 bits per heavy atom. The molecule has 1 aromatic heterocycles. The minimum absolute atomic E-state index is 0. The molecule has 0 saturated heterocycles. The number of nitrogens with zero attached hydrogens (tertiary/aromatic N) is 1. The third kappa shape index (κ3) is 5.11. The van der Waals surface area contributed by atoms with Crippen molar-refractivity contribution in [2.45, 2.75) is 25.8 Å². The molecule has 2 aromatic rings. The zero-order valence-corrected chi connectivity index (χ0v) is 17.0. The zero-order chi connectivity index (χ0) is 16.1. The van der Waals surface area contributed by atoms with Crippen LogP contribution in [-0.4, -0.2) is 19.6 Å². The highest BCUT2D eigenvalue weighted by Crippen LogP contribution is 2.27. The molecule has 1 aliphatic rings. The number of nitrogens with two attached hydrogens (primary N) is 1. The molecule has 0 amide bonds. The predicted octanol–water partition coefficient (Wildman–Crippen LogP) is 4.25. The fourth-order valence-corrected chi connectivity index (χ4v) is 3.38. The van der Waals surface area contributed by atoms with Crippen LogP contribution in [0, 0.1) is 5.92 Å². The Balaban J connectivity index is 0.00000208. The lowest BCUT2D eigenvalue weighted by molar-refractivity contribution is 0.315. The number of hydrogen-bond donors (Lipinski definition) is 2. The Morgan fingerprint density at radius 2 is 2.04 bits per heavy atom. The van der Waals surface area contributed by atoms with Crippen molar-refractivity contribution in [3.05, 3.63) is 40.6 Å². The first-order chi connectivity index (χ1) is 11.2. The lowest BCUT2D eigenvalue weighted by Crippen LogP contribution is -2.37. The van der Waals surface area contributed by atoms with E-state index in [2.05, 4.69) is 33.9 Å². The normalized spacial score (nSPS) is 14.6. The van der Waals surface area contributed by atoms with Crippen LogP contribution in [0.3, 0.4) is 0 Å². The highest BCUT2D eigenvalue weighted by Gasteiger charge is 2.16. The van der Waals surface area contributed by atoms with Crippen molar-refractivity contribution in [2.24, 2.45) is 16.6 Å². The van der Waals surface area contributed by atoms with Crippen LogP contribution in [0.1, 0.15) is 24.1 Å². The first-order valence-electron chi connectivity index (χ1n) is 8.00. The van der Waals surface area contributed by atoms with Gasteiger partial charge in [-0.2, -0.15) is 0 Å². The Bertz CT molecular complexity index is 665. The molecule has 3 rings (SSSR count). The summed E-state index contributed by atoms with van der Waals surface area (Å²) in [6.45, 7) is 1.58. The molecule has 1 aliphatic carbocycles. The average molecular weight is 457 g/mol. The van der Waals surface area contributed by atoms with Gasteiger partial charge in [-0.15, -0.1) is 35.3 Å². The highest BCUT2D eigenvalue weighted by atomic mass is 127. The fourth-order valence-electron chi connectivity index (χ4n) is 2.56. The summed E-state index contributed by atoms with van der Waals surface area (Å²) in [6.07, 6.45) is 3.99. The molecule has 1 aromatic carbocycles. The molecule has 1 saturated carbocycles. The number of methoxy groups -OCH3 is 1. The van der Waals surface area contributed by atoms with E-state index in [9.17, 15) is 0 Å². The van der Waals surface area contributed by atoms with Gasteiger partial charge >= 0.3 is 0 Å². The first-order valence-corrected chi connectivity index (χ1v) is 8.88. The quantitative estimate of drug-likeness (QED) is 0.388. The molecule has 1 heterocycles. The largest absolute Gasteiger partial charge is 0.497 e. The van der Waals surface area contributed by atoms with Gasteiger partial charge in [-0.3, -0.25) is 0 Å². The average Bonchev–Trinajstić information content (AvgIpc) is 3.00. The molecule has 6 heteroatoms. The second kappa shape index (κ2) is 9.27. The molecule has 0 unspecified atom stereocenters. The van der Waals surface area contributed by atoms with Crippen LogP contribution in [0.15, 0.2) is 40.7 Å². The summed E-state index contributed by atoms with van der Waals surface area (Å²) < 4.78 is 5.19. The third-order valence-electron chi connectivity index (χ3n) is 4.28. The van der Waals surface area contributed by atoms with Crippen molar-refractivity contribution in [2.75, 3.05) is 13.7 Å². The van der Waals surface area contributed by atoms with Gasteiger partial charge in [-0.05, 0) is 53.5 Å². The molecular formula is C18H24IN3OS. The molecule has 0 aliphatic heterocycles. The van der Waals surface area contributed by atoms with E-state index in [0.717, 1.165) is 18.2 Å². The summed E-state index contributed by atoms with van der Waals surface area (Å²) in [5.74, 6) is 2.21. The smallest absolute Gasteiger partial charge is 0.188 e. The van der Waals surface area contributed by atoms with Gasteiger partial charge in [0.2, 0.25) is 0 Å². The second-order valence-corrected chi connectivity index (χ2v) is 6.91. The minimum Gasteiger partial charge on any atom is -0.497 e. The summed E-state index contributed by atoms with van der Waals surface area (Å²) in [5.41, 5.74) is 8.33. The van der Waals surface area contributed by atoms with E-state index >= 15 is 0 Å². The number of ether oxygens (including phenoxy) is 1. The molecule has 0 atom stereocenters. The SMILES string of the molecule is COc1ccc(-c2csc(CN=C(N)NCC3CCC3)c2)cc1.I. The number of benzene rings is 1. The van der Waals surface area contributed by atoms with Crippen LogP contribution < -0.4 is 15.8 Å². The Labute approximate surface area is 164 Å².